The fourth-order valence-electron chi connectivity index (χ4n) is 2.49. The van der Waals surface area contributed by atoms with Gasteiger partial charge in [-0.15, -0.1) is 0 Å². The number of methoxy groups -OCH3 is 4. The van der Waals surface area contributed by atoms with Crippen LogP contribution in [0, 0.1) is 0 Å². The van der Waals surface area contributed by atoms with Crippen LogP contribution in [0.3, 0.4) is 0 Å². The molecule has 0 unspecified atom stereocenters. The van der Waals surface area contributed by atoms with Crippen molar-refractivity contribution in [2.24, 2.45) is 0 Å². The van der Waals surface area contributed by atoms with E-state index in [0.717, 1.165) is 52.6 Å². The van der Waals surface area contributed by atoms with Crippen LogP contribution in [-0.4, -0.2) is 82.2 Å². The maximum atomic E-state index is 12.3. The van der Waals surface area contributed by atoms with Crippen molar-refractivity contribution in [2.75, 3.05) is 28.4 Å². The van der Waals surface area contributed by atoms with Gasteiger partial charge < -0.3 is 0 Å². The minimum absolute atomic E-state index is 0.0734. The van der Waals surface area contributed by atoms with Crippen LogP contribution in [0.5, 0.6) is 0 Å². The Hall–Kier alpha value is -0.281. The summed E-state index contributed by atoms with van der Waals surface area (Å²) in [6, 6.07) is 0. The zero-order valence-corrected chi connectivity index (χ0v) is 28.5. The van der Waals surface area contributed by atoms with Gasteiger partial charge in [0.05, 0.1) is 0 Å². The van der Waals surface area contributed by atoms with Crippen LogP contribution in [0.25, 0.3) is 0 Å². The Morgan fingerprint density at radius 1 is 0.611 bits per heavy atom. The molecule has 192 valence electrons. The molecule has 0 saturated heterocycles. The first-order valence-corrected chi connectivity index (χ1v) is 17.8. The Labute approximate surface area is 252 Å². The Morgan fingerprint density at radius 2 is 0.889 bits per heavy atom. The Morgan fingerprint density at radius 3 is 1.14 bits per heavy atom. The van der Waals surface area contributed by atoms with Gasteiger partial charge in [0.2, 0.25) is 0 Å². The van der Waals surface area contributed by atoms with Crippen molar-refractivity contribution >= 4 is 133 Å². The molecule has 0 saturated carbocycles. The van der Waals surface area contributed by atoms with E-state index in [2.05, 4.69) is 41.8 Å². The van der Waals surface area contributed by atoms with Crippen molar-refractivity contribution in [3.63, 3.8) is 0 Å². The predicted octanol–water partition coefficient (Wildman–Crippen LogP) is 4.29. The van der Waals surface area contributed by atoms with Gasteiger partial charge in [-0.05, 0) is 0 Å². The number of halogens is 2. The number of esters is 4. The summed E-state index contributed by atoms with van der Waals surface area (Å²) in [4.78, 5) is 54.2. The minimum atomic E-state index is -0.637. The first-order chi connectivity index (χ1) is 17.2. The molecule has 0 fully saturated rings. The monoisotopic (exact) mass is 828 g/mol. The molecule has 0 aliphatic carbocycles. The Balaban J connectivity index is 2.09. The summed E-state index contributed by atoms with van der Waals surface area (Å²) in [5.74, 6) is -2.55. The second-order valence-electron chi connectivity index (χ2n) is 6.06. The molecule has 0 aromatic rings. The van der Waals surface area contributed by atoms with Crippen LogP contribution < -0.4 is 0 Å². The SMILES string of the molecule is COC(=O)C1=C(C(=O)OC)SC(=C(Br)C(=C2[Se]C=C[Se]2)C(Br)=C2SC(C(=O)OC)=C(C(=O)OC)S2)S1. The van der Waals surface area contributed by atoms with Crippen LogP contribution in [-0.2, 0) is 38.1 Å². The molecule has 0 spiro atoms. The molecular formula is C20H14Br2O8S4Se2. The molecule has 16 heteroatoms. The number of hydrogen-bond donors (Lipinski definition) is 0. The van der Waals surface area contributed by atoms with Crippen molar-refractivity contribution in [3.8, 4) is 0 Å². The number of thioether (sulfide) groups is 4. The third kappa shape index (κ3) is 6.47. The number of rotatable bonds is 6. The Bertz CT molecular complexity index is 1090. The molecule has 0 aromatic carbocycles. The summed E-state index contributed by atoms with van der Waals surface area (Å²) >= 11 is 12.0. The number of carbonyl (C=O) groups is 4. The second-order valence-corrected chi connectivity index (χ2v) is 17.4. The summed E-state index contributed by atoms with van der Waals surface area (Å²) in [6.07, 6.45) is 0. The fourth-order valence-corrected chi connectivity index (χ4v) is 15.7. The van der Waals surface area contributed by atoms with Gasteiger partial charge in [-0.1, -0.05) is 0 Å². The normalized spacial score (nSPS) is 17.0. The Kier molecular flexibility index (Phi) is 11.5. The molecule has 3 aliphatic heterocycles. The maximum absolute atomic E-state index is 12.3. The van der Waals surface area contributed by atoms with Crippen molar-refractivity contribution in [3.05, 3.63) is 56.0 Å². The molecule has 0 radical (unpaired) electrons. The summed E-state index contributed by atoms with van der Waals surface area (Å²) in [5, 5.41) is 0. The molecule has 3 rings (SSSR count). The molecule has 36 heavy (non-hydrogen) atoms. The van der Waals surface area contributed by atoms with E-state index in [4.69, 9.17) is 18.9 Å². The average Bonchev–Trinajstić information content (AvgIpc) is 3.66. The van der Waals surface area contributed by atoms with Crippen LogP contribution in [0.2, 0.25) is 0 Å². The van der Waals surface area contributed by atoms with E-state index in [9.17, 15) is 19.2 Å². The topological polar surface area (TPSA) is 105 Å². The van der Waals surface area contributed by atoms with E-state index < -0.39 is 23.9 Å². The number of carbonyl (C=O) groups excluding carboxylic acids is 4. The van der Waals surface area contributed by atoms with Gasteiger partial charge in [0.25, 0.3) is 0 Å². The van der Waals surface area contributed by atoms with E-state index in [0.29, 0.717) is 17.4 Å². The first-order valence-electron chi connectivity index (χ1n) is 9.24. The fraction of sp³-hybridized carbons (Fsp3) is 0.200. The van der Waals surface area contributed by atoms with Gasteiger partial charge >= 0.3 is 255 Å². The number of allylic oxidation sites excluding steroid dienone is 3. The predicted molar refractivity (Wildman–Crippen MR) is 152 cm³/mol. The molecule has 0 atom stereocenters. The van der Waals surface area contributed by atoms with Gasteiger partial charge in [0.1, 0.15) is 0 Å². The van der Waals surface area contributed by atoms with Crippen molar-refractivity contribution in [1.29, 1.82) is 0 Å². The molecule has 0 aromatic heterocycles. The van der Waals surface area contributed by atoms with Crippen LogP contribution in [0.15, 0.2) is 56.0 Å². The van der Waals surface area contributed by atoms with Crippen LogP contribution in [0.1, 0.15) is 0 Å². The summed E-state index contributed by atoms with van der Waals surface area (Å²) in [7, 11) is 4.98. The third-order valence-corrected chi connectivity index (χ3v) is 17.7. The van der Waals surface area contributed by atoms with Gasteiger partial charge in [0, 0.05) is 0 Å². The second kappa shape index (κ2) is 13.7. The van der Waals surface area contributed by atoms with E-state index in [1.165, 1.54) is 31.8 Å². The quantitative estimate of drug-likeness (QED) is 0.217. The molecule has 3 aliphatic rings. The van der Waals surface area contributed by atoms with Gasteiger partial charge in [-0.3, -0.25) is 0 Å². The van der Waals surface area contributed by atoms with E-state index in [1.54, 1.807) is 0 Å². The first kappa shape index (κ1) is 30.3. The molecule has 3 heterocycles. The zero-order chi connectivity index (χ0) is 26.6. The summed E-state index contributed by atoms with van der Waals surface area (Å²) in [5.41, 5.74) is 0.829. The zero-order valence-electron chi connectivity index (χ0n) is 18.6. The standard InChI is InChI=1S/C20H14Br2O8S4Se2/c1-27-14(23)10-11(15(24)28-2)32-18(31-10)8(21)7(20-35-5-6-36-20)9(22)19-33-12(16(25)29-3)13(34-19)17(26)30-4/h5-6H,1-4H3. The molecule has 0 N–H and O–H groups in total. The van der Waals surface area contributed by atoms with E-state index in [1.807, 2.05) is 0 Å². The summed E-state index contributed by atoms with van der Waals surface area (Å²) < 4.78 is 23.2. The number of hydrogen-bond acceptors (Lipinski definition) is 12. The van der Waals surface area contributed by atoms with Crippen LogP contribution in [0.4, 0.5) is 0 Å². The van der Waals surface area contributed by atoms with Gasteiger partial charge in [-0.2, -0.15) is 0 Å². The molecular weight excluding hydrogens is 814 g/mol. The molecule has 0 bridgehead atoms. The number of ether oxygens (including phenoxy) is 4. The van der Waals surface area contributed by atoms with Gasteiger partial charge in [0.15, 0.2) is 0 Å². The average molecular weight is 828 g/mol. The van der Waals surface area contributed by atoms with E-state index >= 15 is 0 Å². The summed E-state index contributed by atoms with van der Waals surface area (Å²) in [6.45, 7) is 0. The van der Waals surface area contributed by atoms with Crippen molar-refractivity contribution in [2.45, 2.75) is 0 Å². The third-order valence-electron chi connectivity index (χ3n) is 4.08. The van der Waals surface area contributed by atoms with Gasteiger partial charge in [-0.25, -0.2) is 0 Å². The van der Waals surface area contributed by atoms with Crippen LogP contribution >= 0.6 is 78.9 Å². The van der Waals surface area contributed by atoms with Crippen molar-refractivity contribution in [1.82, 2.24) is 0 Å². The van der Waals surface area contributed by atoms with Crippen molar-refractivity contribution < 1.29 is 38.1 Å². The van der Waals surface area contributed by atoms with E-state index in [-0.39, 0.29) is 49.5 Å². The molecule has 8 nitrogen and oxygen atoms in total. The molecule has 0 amide bonds.